The third kappa shape index (κ3) is 2.25. The molecule has 0 bridgehead atoms. The maximum absolute atomic E-state index is 9.75. The Morgan fingerprint density at radius 1 is 1.30 bits per heavy atom. The fraction of sp³-hybridized carbons (Fsp3) is 0.438. The maximum Gasteiger partial charge on any atom is 0.0731 e. The summed E-state index contributed by atoms with van der Waals surface area (Å²) in [5, 5.41) is 20.2. The van der Waals surface area contributed by atoms with Crippen LogP contribution in [0.25, 0.3) is 10.9 Å². The van der Waals surface area contributed by atoms with Crippen molar-refractivity contribution in [1.29, 1.82) is 0 Å². The number of hydrogen-bond donors (Lipinski definition) is 2. The Morgan fingerprint density at radius 3 is 2.75 bits per heavy atom. The number of aryl methyl sites for hydroxylation is 2. The maximum atomic E-state index is 9.75. The fourth-order valence-electron chi connectivity index (χ4n) is 2.93. The Balaban J connectivity index is 2.18. The predicted molar refractivity (Wildman–Crippen MR) is 80.0 cm³/mol. The van der Waals surface area contributed by atoms with E-state index in [9.17, 15) is 10.2 Å². The van der Waals surface area contributed by atoms with Gasteiger partial charge in [-0.1, -0.05) is 0 Å². The van der Waals surface area contributed by atoms with Crippen molar-refractivity contribution in [2.75, 3.05) is 18.0 Å². The molecule has 4 heteroatoms. The molecule has 1 aliphatic rings. The number of benzene rings is 1. The number of aromatic nitrogens is 1. The van der Waals surface area contributed by atoms with Gasteiger partial charge in [0.05, 0.1) is 18.2 Å². The summed E-state index contributed by atoms with van der Waals surface area (Å²) >= 11 is 0. The molecule has 0 spiro atoms. The molecule has 0 radical (unpaired) electrons. The van der Waals surface area contributed by atoms with Crippen molar-refractivity contribution in [2.45, 2.75) is 33.0 Å². The minimum absolute atomic E-state index is 0.0369. The van der Waals surface area contributed by atoms with Crippen LogP contribution in [0.5, 0.6) is 0 Å². The minimum atomic E-state index is -0.240. The normalized spacial score (nSPS) is 19.0. The Kier molecular flexibility index (Phi) is 3.36. The molecular formula is C16H20N2O2. The molecule has 2 N–H and O–H groups in total. The molecule has 1 aromatic carbocycles. The first-order valence-corrected chi connectivity index (χ1v) is 7.03. The van der Waals surface area contributed by atoms with Gasteiger partial charge in [-0.25, -0.2) is 0 Å². The molecule has 1 fully saturated rings. The zero-order chi connectivity index (χ0) is 14.3. The van der Waals surface area contributed by atoms with Crippen LogP contribution in [0, 0.1) is 13.8 Å². The van der Waals surface area contributed by atoms with E-state index < -0.39 is 0 Å². The Hall–Kier alpha value is -1.65. The number of hydrogen-bond acceptors (Lipinski definition) is 4. The molecule has 3 rings (SSSR count). The minimum Gasteiger partial charge on any atom is -0.392 e. The van der Waals surface area contributed by atoms with Crippen molar-refractivity contribution in [1.82, 2.24) is 4.98 Å². The summed E-state index contributed by atoms with van der Waals surface area (Å²) in [5.74, 6) is 0. The number of nitrogens with zero attached hydrogens (tertiary/aromatic N) is 2. The molecule has 1 aliphatic heterocycles. The van der Waals surface area contributed by atoms with Gasteiger partial charge in [-0.2, -0.15) is 0 Å². The van der Waals surface area contributed by atoms with Crippen LogP contribution in [0.1, 0.15) is 23.2 Å². The lowest BCUT2D eigenvalue weighted by atomic mass is 10.0. The molecule has 2 aromatic rings. The highest BCUT2D eigenvalue weighted by molar-refractivity contribution is 5.93. The van der Waals surface area contributed by atoms with Gasteiger partial charge in [0.1, 0.15) is 0 Å². The molecule has 20 heavy (non-hydrogen) atoms. The lowest BCUT2D eigenvalue weighted by molar-refractivity contribution is 0.198. The fourth-order valence-corrected chi connectivity index (χ4v) is 2.93. The average molecular weight is 272 g/mol. The second-order valence-electron chi connectivity index (χ2n) is 5.63. The first-order chi connectivity index (χ1) is 9.58. The van der Waals surface area contributed by atoms with Gasteiger partial charge in [0, 0.05) is 29.9 Å². The summed E-state index contributed by atoms with van der Waals surface area (Å²) in [7, 11) is 0. The molecule has 0 saturated carbocycles. The quantitative estimate of drug-likeness (QED) is 0.877. The van der Waals surface area contributed by atoms with Crippen LogP contribution in [0.2, 0.25) is 0 Å². The number of anilines is 1. The first kappa shape index (κ1) is 13.3. The first-order valence-electron chi connectivity index (χ1n) is 7.03. The van der Waals surface area contributed by atoms with Gasteiger partial charge in [-0.05, 0) is 49.6 Å². The average Bonchev–Trinajstić information content (AvgIpc) is 2.84. The summed E-state index contributed by atoms with van der Waals surface area (Å²) < 4.78 is 0. The van der Waals surface area contributed by atoms with E-state index in [4.69, 9.17) is 0 Å². The van der Waals surface area contributed by atoms with E-state index >= 15 is 0 Å². The van der Waals surface area contributed by atoms with Crippen molar-refractivity contribution in [3.8, 4) is 0 Å². The predicted octanol–water partition coefficient (Wildman–Crippen LogP) is 1.91. The Morgan fingerprint density at radius 2 is 2.10 bits per heavy atom. The van der Waals surface area contributed by atoms with Crippen LogP contribution in [-0.2, 0) is 6.61 Å². The van der Waals surface area contributed by atoms with Crippen LogP contribution in [0.3, 0.4) is 0 Å². The number of aliphatic hydroxyl groups excluding tert-OH is 2. The zero-order valence-electron chi connectivity index (χ0n) is 11.9. The van der Waals surface area contributed by atoms with Crippen LogP contribution in [0.15, 0.2) is 18.2 Å². The molecule has 0 amide bonds. The van der Waals surface area contributed by atoms with E-state index in [0.717, 1.165) is 46.4 Å². The molecule has 1 atom stereocenters. The van der Waals surface area contributed by atoms with Crippen LogP contribution in [0.4, 0.5) is 5.69 Å². The standard InChI is InChI=1S/C16H20N2O2/c1-10-5-14-15(7-12(10)9-19)17-11(2)6-16(14)18-4-3-13(20)8-18/h5-7,13,19-20H,3-4,8-9H2,1-2H3/t13-/m0/s1. The van der Waals surface area contributed by atoms with Crippen molar-refractivity contribution >= 4 is 16.6 Å². The van der Waals surface area contributed by atoms with Crippen molar-refractivity contribution in [3.63, 3.8) is 0 Å². The zero-order valence-corrected chi connectivity index (χ0v) is 11.9. The highest BCUT2D eigenvalue weighted by Gasteiger charge is 2.22. The van der Waals surface area contributed by atoms with Crippen molar-refractivity contribution in [3.05, 3.63) is 35.0 Å². The smallest absolute Gasteiger partial charge is 0.0731 e. The van der Waals surface area contributed by atoms with E-state index in [0.29, 0.717) is 6.54 Å². The van der Waals surface area contributed by atoms with Gasteiger partial charge in [0.15, 0.2) is 0 Å². The summed E-state index contributed by atoms with van der Waals surface area (Å²) in [4.78, 5) is 6.80. The molecule has 2 heterocycles. The highest BCUT2D eigenvalue weighted by atomic mass is 16.3. The van der Waals surface area contributed by atoms with Crippen LogP contribution < -0.4 is 4.90 Å². The van der Waals surface area contributed by atoms with E-state index in [1.807, 2.05) is 19.9 Å². The third-order valence-electron chi connectivity index (χ3n) is 4.05. The van der Waals surface area contributed by atoms with Crippen LogP contribution >= 0.6 is 0 Å². The molecule has 0 aliphatic carbocycles. The Bertz CT molecular complexity index is 654. The second kappa shape index (κ2) is 5.04. The second-order valence-corrected chi connectivity index (χ2v) is 5.63. The van der Waals surface area contributed by atoms with E-state index in [2.05, 4.69) is 22.0 Å². The molecule has 106 valence electrons. The number of aliphatic hydroxyl groups is 2. The van der Waals surface area contributed by atoms with Gasteiger partial charge in [0.25, 0.3) is 0 Å². The van der Waals surface area contributed by atoms with Crippen LogP contribution in [-0.4, -0.2) is 34.4 Å². The third-order valence-corrected chi connectivity index (χ3v) is 4.05. The molecular weight excluding hydrogens is 252 g/mol. The van der Waals surface area contributed by atoms with Gasteiger partial charge in [-0.3, -0.25) is 4.98 Å². The topological polar surface area (TPSA) is 56.6 Å². The van der Waals surface area contributed by atoms with Crippen molar-refractivity contribution in [2.24, 2.45) is 0 Å². The summed E-state index contributed by atoms with van der Waals surface area (Å²) in [5.41, 5.74) is 5.00. The van der Waals surface area contributed by atoms with Crippen molar-refractivity contribution < 1.29 is 10.2 Å². The molecule has 4 nitrogen and oxygen atoms in total. The van der Waals surface area contributed by atoms with Gasteiger partial charge < -0.3 is 15.1 Å². The Labute approximate surface area is 118 Å². The van der Waals surface area contributed by atoms with Gasteiger partial charge in [-0.15, -0.1) is 0 Å². The van der Waals surface area contributed by atoms with E-state index in [1.54, 1.807) is 0 Å². The molecule has 1 aromatic heterocycles. The number of β-amino-alcohol motifs (C(OH)–C–C–N with tert-alkyl or cyclic N) is 1. The number of pyridine rings is 1. The van der Waals surface area contributed by atoms with E-state index in [1.165, 1.54) is 0 Å². The molecule has 0 unspecified atom stereocenters. The summed E-state index contributed by atoms with van der Waals surface area (Å²) in [6, 6.07) is 6.14. The SMILES string of the molecule is Cc1cc(N2CC[C@H](O)C2)c2cc(C)c(CO)cc2n1. The highest BCUT2D eigenvalue weighted by Crippen LogP contribution is 2.31. The summed E-state index contributed by atoms with van der Waals surface area (Å²) in [6.07, 6.45) is 0.577. The van der Waals surface area contributed by atoms with E-state index in [-0.39, 0.29) is 12.7 Å². The van der Waals surface area contributed by atoms with Gasteiger partial charge in [0.2, 0.25) is 0 Å². The number of fused-ring (bicyclic) bond motifs is 1. The lowest BCUT2D eigenvalue weighted by Gasteiger charge is -2.21. The summed E-state index contributed by atoms with van der Waals surface area (Å²) in [6.45, 7) is 5.58. The molecule has 1 saturated heterocycles. The lowest BCUT2D eigenvalue weighted by Crippen LogP contribution is -2.21. The monoisotopic (exact) mass is 272 g/mol. The van der Waals surface area contributed by atoms with Gasteiger partial charge >= 0.3 is 0 Å². The number of rotatable bonds is 2. The largest absolute Gasteiger partial charge is 0.392 e.